The van der Waals surface area contributed by atoms with Crippen LogP contribution in [0.25, 0.3) is 6.08 Å². The first kappa shape index (κ1) is 22.8. The normalized spacial score (nSPS) is 14.9. The number of carboxylic acids is 2. The Labute approximate surface area is 179 Å². The van der Waals surface area contributed by atoms with Crippen LogP contribution in [0.3, 0.4) is 0 Å². The zero-order chi connectivity index (χ0) is 21.1. The fourth-order valence-electron chi connectivity index (χ4n) is 2.93. The van der Waals surface area contributed by atoms with Crippen LogP contribution in [0, 0.1) is 0 Å². The Kier molecular flexibility index (Phi) is 9.56. The molecule has 3 rings (SSSR count). The Morgan fingerprint density at radius 1 is 0.897 bits per heavy atom. The summed E-state index contributed by atoms with van der Waals surface area (Å²) < 4.78 is 1.17. The molecule has 0 unspecified atom stereocenters. The molecule has 1 fully saturated rings. The van der Waals surface area contributed by atoms with Crippen molar-refractivity contribution in [1.29, 1.82) is 0 Å². The van der Waals surface area contributed by atoms with Gasteiger partial charge in [-0.1, -0.05) is 70.5 Å². The van der Waals surface area contributed by atoms with E-state index in [1.54, 1.807) is 0 Å². The van der Waals surface area contributed by atoms with Gasteiger partial charge in [-0.15, -0.1) is 0 Å². The standard InChI is InChI=1S/C20H23BrN2.C2H2O4/c21-20-10-4-8-19(16-20)17-23-14-12-22(13-15-23)11-5-9-18-6-2-1-3-7-18;3-1(4)2(5)6/h1-10,16H,11-15,17H2;(H,3,4)(H,5,6)/b9-5+;. The van der Waals surface area contributed by atoms with Gasteiger partial charge in [0.2, 0.25) is 0 Å². The molecule has 2 aromatic carbocycles. The van der Waals surface area contributed by atoms with Crippen LogP contribution in [0.5, 0.6) is 0 Å². The second-order valence-corrected chi connectivity index (χ2v) is 7.55. The molecule has 0 atom stereocenters. The molecule has 0 aromatic heterocycles. The molecule has 0 saturated carbocycles. The lowest BCUT2D eigenvalue weighted by atomic mass is 10.2. The van der Waals surface area contributed by atoms with Crippen LogP contribution in [0.15, 0.2) is 65.1 Å². The lowest BCUT2D eigenvalue weighted by Gasteiger charge is -2.34. The van der Waals surface area contributed by atoms with Crippen LogP contribution >= 0.6 is 15.9 Å². The number of piperazine rings is 1. The highest BCUT2D eigenvalue weighted by molar-refractivity contribution is 9.10. The molecule has 1 saturated heterocycles. The summed E-state index contributed by atoms with van der Waals surface area (Å²) in [6, 6.07) is 19.1. The number of aliphatic carboxylic acids is 2. The number of carbonyl (C=O) groups is 2. The van der Waals surface area contributed by atoms with Gasteiger partial charge in [-0.05, 0) is 23.3 Å². The quantitative estimate of drug-likeness (QED) is 0.665. The summed E-state index contributed by atoms with van der Waals surface area (Å²) in [4.78, 5) is 23.3. The minimum absolute atomic E-state index is 1.04. The van der Waals surface area contributed by atoms with E-state index >= 15 is 0 Å². The summed E-state index contributed by atoms with van der Waals surface area (Å²) in [6.07, 6.45) is 4.49. The predicted octanol–water partition coefficient (Wildman–Crippen LogP) is 3.44. The summed E-state index contributed by atoms with van der Waals surface area (Å²) in [7, 11) is 0. The minimum Gasteiger partial charge on any atom is -0.473 e. The van der Waals surface area contributed by atoms with E-state index in [0.29, 0.717) is 0 Å². The SMILES string of the molecule is Brc1cccc(CN2CCN(C/C=C/c3ccccc3)CC2)c1.O=C(O)C(=O)O. The highest BCUT2D eigenvalue weighted by atomic mass is 79.9. The largest absolute Gasteiger partial charge is 0.473 e. The molecule has 2 aromatic rings. The smallest absolute Gasteiger partial charge is 0.414 e. The van der Waals surface area contributed by atoms with Crippen molar-refractivity contribution in [2.24, 2.45) is 0 Å². The zero-order valence-corrected chi connectivity index (χ0v) is 17.7. The summed E-state index contributed by atoms with van der Waals surface area (Å²) in [5, 5.41) is 14.8. The second-order valence-electron chi connectivity index (χ2n) is 6.63. The number of rotatable bonds is 5. The van der Waals surface area contributed by atoms with Crippen LogP contribution < -0.4 is 0 Å². The summed E-state index contributed by atoms with van der Waals surface area (Å²) in [5.41, 5.74) is 2.66. The van der Waals surface area contributed by atoms with E-state index in [1.165, 1.54) is 15.6 Å². The van der Waals surface area contributed by atoms with Crippen molar-refractivity contribution in [2.45, 2.75) is 6.54 Å². The van der Waals surface area contributed by atoms with E-state index in [-0.39, 0.29) is 0 Å². The average molecular weight is 461 g/mol. The van der Waals surface area contributed by atoms with E-state index in [0.717, 1.165) is 39.3 Å². The van der Waals surface area contributed by atoms with Crippen molar-refractivity contribution < 1.29 is 19.8 Å². The molecule has 7 heteroatoms. The van der Waals surface area contributed by atoms with Gasteiger partial charge in [-0.25, -0.2) is 9.59 Å². The Morgan fingerprint density at radius 2 is 1.52 bits per heavy atom. The van der Waals surface area contributed by atoms with E-state index in [1.807, 2.05) is 0 Å². The van der Waals surface area contributed by atoms with Crippen molar-refractivity contribution >= 4 is 33.9 Å². The molecule has 0 amide bonds. The van der Waals surface area contributed by atoms with Crippen LogP contribution in [0.1, 0.15) is 11.1 Å². The van der Waals surface area contributed by atoms with Crippen molar-refractivity contribution in [3.05, 3.63) is 76.3 Å². The highest BCUT2D eigenvalue weighted by Crippen LogP contribution is 2.14. The van der Waals surface area contributed by atoms with Crippen molar-refractivity contribution in [2.75, 3.05) is 32.7 Å². The van der Waals surface area contributed by atoms with Gasteiger partial charge in [0.1, 0.15) is 0 Å². The molecular formula is C22H25BrN2O4. The van der Waals surface area contributed by atoms with Crippen molar-refractivity contribution in [3.63, 3.8) is 0 Å². The van der Waals surface area contributed by atoms with Gasteiger partial charge >= 0.3 is 11.9 Å². The van der Waals surface area contributed by atoms with E-state index in [4.69, 9.17) is 19.8 Å². The van der Waals surface area contributed by atoms with Crippen LogP contribution in [-0.4, -0.2) is 64.7 Å². The molecule has 1 aliphatic heterocycles. The third-order valence-corrected chi connectivity index (χ3v) is 4.91. The lowest BCUT2D eigenvalue weighted by molar-refractivity contribution is -0.159. The van der Waals surface area contributed by atoms with E-state index < -0.39 is 11.9 Å². The van der Waals surface area contributed by atoms with E-state index in [2.05, 4.69) is 92.5 Å². The first-order chi connectivity index (χ1) is 13.9. The minimum atomic E-state index is -1.82. The molecule has 1 aliphatic rings. The van der Waals surface area contributed by atoms with Gasteiger partial charge in [0, 0.05) is 43.7 Å². The number of hydrogen-bond donors (Lipinski definition) is 2. The predicted molar refractivity (Wildman–Crippen MR) is 117 cm³/mol. The molecule has 0 aliphatic carbocycles. The van der Waals surface area contributed by atoms with Crippen LogP contribution in [-0.2, 0) is 16.1 Å². The fraction of sp³-hybridized carbons (Fsp3) is 0.273. The molecular weight excluding hydrogens is 436 g/mol. The zero-order valence-electron chi connectivity index (χ0n) is 16.1. The highest BCUT2D eigenvalue weighted by Gasteiger charge is 2.15. The van der Waals surface area contributed by atoms with Crippen molar-refractivity contribution in [3.8, 4) is 0 Å². The van der Waals surface area contributed by atoms with E-state index in [9.17, 15) is 0 Å². The molecule has 0 spiro atoms. The number of benzene rings is 2. The first-order valence-electron chi connectivity index (χ1n) is 9.31. The number of carboxylic acid groups (broad SMARTS) is 2. The van der Waals surface area contributed by atoms with Gasteiger partial charge in [0.25, 0.3) is 0 Å². The molecule has 29 heavy (non-hydrogen) atoms. The molecule has 1 heterocycles. The maximum atomic E-state index is 9.10. The monoisotopic (exact) mass is 460 g/mol. The summed E-state index contributed by atoms with van der Waals surface area (Å²) in [5.74, 6) is -3.65. The maximum absolute atomic E-state index is 9.10. The van der Waals surface area contributed by atoms with Crippen LogP contribution in [0.4, 0.5) is 0 Å². The third-order valence-electron chi connectivity index (χ3n) is 4.42. The van der Waals surface area contributed by atoms with Crippen molar-refractivity contribution in [1.82, 2.24) is 9.80 Å². The topological polar surface area (TPSA) is 81.1 Å². The van der Waals surface area contributed by atoms with Gasteiger partial charge < -0.3 is 10.2 Å². The maximum Gasteiger partial charge on any atom is 0.414 e. The Balaban J connectivity index is 0.000000438. The molecule has 0 radical (unpaired) electrons. The Bertz CT molecular complexity index is 807. The Hall–Kier alpha value is -2.48. The number of nitrogens with zero attached hydrogens (tertiary/aromatic N) is 2. The number of hydrogen-bond acceptors (Lipinski definition) is 4. The second kappa shape index (κ2) is 12.2. The third kappa shape index (κ3) is 9.04. The summed E-state index contributed by atoms with van der Waals surface area (Å²) in [6.45, 7) is 6.67. The van der Waals surface area contributed by atoms with Gasteiger partial charge in [0.15, 0.2) is 0 Å². The Morgan fingerprint density at radius 3 is 2.10 bits per heavy atom. The molecule has 154 valence electrons. The van der Waals surface area contributed by atoms with Crippen LogP contribution in [0.2, 0.25) is 0 Å². The average Bonchev–Trinajstić information content (AvgIpc) is 2.71. The molecule has 2 N–H and O–H groups in total. The fourth-order valence-corrected chi connectivity index (χ4v) is 3.37. The molecule has 0 bridgehead atoms. The van der Waals surface area contributed by atoms with Gasteiger partial charge in [-0.3, -0.25) is 9.80 Å². The van der Waals surface area contributed by atoms with Gasteiger partial charge in [0.05, 0.1) is 0 Å². The lowest BCUT2D eigenvalue weighted by Crippen LogP contribution is -2.45. The molecule has 6 nitrogen and oxygen atoms in total. The van der Waals surface area contributed by atoms with Gasteiger partial charge in [-0.2, -0.15) is 0 Å². The number of halogens is 1. The summed E-state index contributed by atoms with van der Waals surface area (Å²) >= 11 is 3.55. The first-order valence-corrected chi connectivity index (χ1v) is 10.1.